The fraction of sp³-hybridized carbons (Fsp3) is 0.214. The Kier molecular flexibility index (Phi) is 3.96. The Morgan fingerprint density at radius 1 is 1.26 bits per heavy atom. The van der Waals surface area contributed by atoms with E-state index in [2.05, 4.69) is 21.2 Å². The first kappa shape index (κ1) is 14.1. The smallest absolute Gasteiger partial charge is 0.265 e. The highest BCUT2D eigenvalue weighted by molar-refractivity contribution is 9.10. The van der Waals surface area contributed by atoms with Gasteiger partial charge in [-0.15, -0.1) is 11.3 Å². The van der Waals surface area contributed by atoms with Crippen LogP contribution in [0.4, 0.5) is 11.4 Å². The van der Waals surface area contributed by atoms with Gasteiger partial charge in [-0.05, 0) is 66.0 Å². The summed E-state index contributed by atoms with van der Waals surface area (Å²) in [5, 5.41) is 2.86. The van der Waals surface area contributed by atoms with Crippen LogP contribution in [0.5, 0.6) is 0 Å². The fourth-order valence-corrected chi connectivity index (χ4v) is 3.38. The molecule has 0 unspecified atom stereocenters. The van der Waals surface area contributed by atoms with E-state index in [0.29, 0.717) is 16.3 Å². The van der Waals surface area contributed by atoms with Gasteiger partial charge in [0.05, 0.1) is 16.3 Å². The SMILES string of the molecule is Cc1cc(N)c(NC(=O)c2cc(C)c(C)s2)c(Br)c1. The summed E-state index contributed by atoms with van der Waals surface area (Å²) in [6.45, 7) is 5.96. The monoisotopic (exact) mass is 338 g/mol. The lowest BCUT2D eigenvalue weighted by Gasteiger charge is -2.10. The predicted octanol–water partition coefficient (Wildman–Crippen LogP) is 4.27. The number of amides is 1. The van der Waals surface area contributed by atoms with Crippen molar-refractivity contribution in [3.63, 3.8) is 0 Å². The number of carbonyl (C=O) groups is 1. The number of carbonyl (C=O) groups excluding carboxylic acids is 1. The summed E-state index contributed by atoms with van der Waals surface area (Å²) < 4.78 is 0.795. The maximum absolute atomic E-state index is 12.2. The Balaban J connectivity index is 2.29. The summed E-state index contributed by atoms with van der Waals surface area (Å²) in [7, 11) is 0. The van der Waals surface area contributed by atoms with E-state index < -0.39 is 0 Å². The summed E-state index contributed by atoms with van der Waals surface area (Å²) in [5.41, 5.74) is 9.30. The maximum Gasteiger partial charge on any atom is 0.265 e. The van der Waals surface area contributed by atoms with Gasteiger partial charge >= 0.3 is 0 Å². The molecule has 0 aliphatic heterocycles. The molecule has 3 N–H and O–H groups in total. The molecule has 0 fully saturated rings. The molecule has 0 aliphatic rings. The Bertz CT molecular complexity index is 606. The molecule has 3 nitrogen and oxygen atoms in total. The molecular weight excluding hydrogens is 324 g/mol. The van der Waals surface area contributed by atoms with Gasteiger partial charge in [0.25, 0.3) is 5.91 Å². The second kappa shape index (κ2) is 5.35. The Morgan fingerprint density at radius 3 is 2.47 bits per heavy atom. The first-order chi connectivity index (χ1) is 8.88. The van der Waals surface area contributed by atoms with E-state index in [1.165, 1.54) is 11.3 Å². The van der Waals surface area contributed by atoms with Crippen molar-refractivity contribution in [3.05, 3.63) is 43.6 Å². The maximum atomic E-state index is 12.2. The number of nitrogens with one attached hydrogen (secondary N) is 1. The van der Waals surface area contributed by atoms with Crippen LogP contribution in [0.25, 0.3) is 0 Å². The van der Waals surface area contributed by atoms with Crippen molar-refractivity contribution in [2.75, 3.05) is 11.1 Å². The molecule has 0 atom stereocenters. The highest BCUT2D eigenvalue weighted by Crippen LogP contribution is 2.31. The quantitative estimate of drug-likeness (QED) is 0.803. The summed E-state index contributed by atoms with van der Waals surface area (Å²) in [6, 6.07) is 5.66. The number of nitrogens with two attached hydrogens (primary N) is 1. The lowest BCUT2D eigenvalue weighted by molar-refractivity contribution is 0.103. The minimum Gasteiger partial charge on any atom is -0.397 e. The number of hydrogen-bond acceptors (Lipinski definition) is 3. The molecule has 0 saturated carbocycles. The first-order valence-corrected chi connectivity index (χ1v) is 7.43. The van der Waals surface area contributed by atoms with Crippen LogP contribution >= 0.6 is 27.3 Å². The molecule has 2 aromatic rings. The molecule has 1 aromatic carbocycles. The largest absolute Gasteiger partial charge is 0.397 e. The number of thiophene rings is 1. The van der Waals surface area contributed by atoms with Crippen molar-refractivity contribution in [2.24, 2.45) is 0 Å². The number of hydrogen-bond donors (Lipinski definition) is 2. The average molecular weight is 339 g/mol. The Labute approximate surface area is 125 Å². The third-order valence-electron chi connectivity index (χ3n) is 2.89. The molecule has 2 rings (SSSR count). The first-order valence-electron chi connectivity index (χ1n) is 5.82. The van der Waals surface area contributed by atoms with E-state index in [1.54, 1.807) is 0 Å². The average Bonchev–Trinajstić information content (AvgIpc) is 2.64. The van der Waals surface area contributed by atoms with E-state index in [9.17, 15) is 4.79 Å². The molecule has 1 amide bonds. The third kappa shape index (κ3) is 2.98. The van der Waals surface area contributed by atoms with Crippen molar-refractivity contribution in [2.45, 2.75) is 20.8 Å². The van der Waals surface area contributed by atoms with Gasteiger partial charge in [0, 0.05) is 9.35 Å². The van der Waals surface area contributed by atoms with Crippen molar-refractivity contribution in [3.8, 4) is 0 Å². The van der Waals surface area contributed by atoms with Crippen molar-refractivity contribution >= 4 is 44.5 Å². The zero-order valence-corrected chi connectivity index (χ0v) is 13.4. The number of rotatable bonds is 2. The summed E-state index contributed by atoms with van der Waals surface area (Å²) in [6.07, 6.45) is 0. The minimum atomic E-state index is -0.127. The predicted molar refractivity (Wildman–Crippen MR) is 85.0 cm³/mol. The number of benzene rings is 1. The van der Waals surface area contributed by atoms with Gasteiger partial charge in [0.2, 0.25) is 0 Å². The lowest BCUT2D eigenvalue weighted by atomic mass is 10.2. The van der Waals surface area contributed by atoms with E-state index in [0.717, 1.165) is 20.5 Å². The molecule has 0 spiro atoms. The van der Waals surface area contributed by atoms with E-state index in [4.69, 9.17) is 5.73 Å². The van der Waals surface area contributed by atoms with E-state index in [-0.39, 0.29) is 5.91 Å². The molecule has 1 heterocycles. The fourth-order valence-electron chi connectivity index (χ4n) is 1.76. The second-order valence-corrected chi connectivity index (χ2v) is 6.63. The van der Waals surface area contributed by atoms with E-state index in [1.807, 2.05) is 39.0 Å². The minimum absolute atomic E-state index is 0.127. The van der Waals surface area contributed by atoms with Gasteiger partial charge < -0.3 is 11.1 Å². The van der Waals surface area contributed by atoms with Gasteiger partial charge in [-0.3, -0.25) is 4.79 Å². The van der Waals surface area contributed by atoms with Crippen LogP contribution in [0, 0.1) is 20.8 Å². The summed E-state index contributed by atoms with van der Waals surface area (Å²) in [5.74, 6) is -0.127. The van der Waals surface area contributed by atoms with Crippen molar-refractivity contribution < 1.29 is 4.79 Å². The zero-order valence-electron chi connectivity index (χ0n) is 11.0. The second-order valence-electron chi connectivity index (χ2n) is 4.51. The number of aryl methyl sites for hydroxylation is 3. The Hall–Kier alpha value is -1.33. The lowest BCUT2D eigenvalue weighted by Crippen LogP contribution is -2.12. The standard InChI is InChI=1S/C14H15BrN2OS/c1-7-4-10(15)13(11(16)5-7)17-14(18)12-6-8(2)9(3)19-12/h4-6H,16H2,1-3H3,(H,17,18). The topological polar surface area (TPSA) is 55.1 Å². The normalized spacial score (nSPS) is 10.5. The molecule has 0 saturated heterocycles. The van der Waals surface area contributed by atoms with Gasteiger partial charge in [-0.25, -0.2) is 0 Å². The van der Waals surface area contributed by atoms with Gasteiger partial charge in [0.1, 0.15) is 0 Å². The van der Waals surface area contributed by atoms with Crippen LogP contribution < -0.4 is 11.1 Å². The highest BCUT2D eigenvalue weighted by Gasteiger charge is 2.14. The zero-order chi connectivity index (χ0) is 14.2. The number of halogens is 1. The number of nitrogen functional groups attached to an aromatic ring is 1. The molecule has 1 aromatic heterocycles. The molecule has 0 radical (unpaired) electrons. The van der Waals surface area contributed by atoms with Crippen LogP contribution in [0.3, 0.4) is 0 Å². The van der Waals surface area contributed by atoms with Crippen LogP contribution in [0.15, 0.2) is 22.7 Å². The van der Waals surface area contributed by atoms with Crippen LogP contribution in [-0.4, -0.2) is 5.91 Å². The third-order valence-corrected chi connectivity index (χ3v) is 4.67. The molecule has 19 heavy (non-hydrogen) atoms. The summed E-state index contributed by atoms with van der Waals surface area (Å²) >= 11 is 4.92. The van der Waals surface area contributed by atoms with Gasteiger partial charge in [-0.1, -0.05) is 0 Å². The Morgan fingerprint density at radius 2 is 1.95 bits per heavy atom. The van der Waals surface area contributed by atoms with Crippen LogP contribution in [0.1, 0.15) is 25.7 Å². The molecule has 5 heteroatoms. The molecule has 0 bridgehead atoms. The van der Waals surface area contributed by atoms with Gasteiger partial charge in [-0.2, -0.15) is 0 Å². The number of anilines is 2. The highest BCUT2D eigenvalue weighted by atomic mass is 79.9. The van der Waals surface area contributed by atoms with Crippen LogP contribution in [0.2, 0.25) is 0 Å². The van der Waals surface area contributed by atoms with Crippen molar-refractivity contribution in [1.29, 1.82) is 0 Å². The molecular formula is C14H15BrN2OS. The van der Waals surface area contributed by atoms with Gasteiger partial charge in [0.15, 0.2) is 0 Å². The van der Waals surface area contributed by atoms with Crippen LogP contribution in [-0.2, 0) is 0 Å². The van der Waals surface area contributed by atoms with Crippen molar-refractivity contribution in [1.82, 2.24) is 0 Å². The molecule has 100 valence electrons. The molecule has 0 aliphatic carbocycles. The summed E-state index contributed by atoms with van der Waals surface area (Å²) in [4.78, 5) is 14.0. The van der Waals surface area contributed by atoms with E-state index >= 15 is 0 Å².